The summed E-state index contributed by atoms with van der Waals surface area (Å²) in [6.07, 6.45) is 1.78. The van der Waals surface area contributed by atoms with Crippen LogP contribution in [0, 0.1) is 0 Å². The summed E-state index contributed by atoms with van der Waals surface area (Å²) < 4.78 is 0. The molecule has 0 saturated heterocycles. The molecule has 0 radical (unpaired) electrons. The van der Waals surface area contributed by atoms with E-state index in [0.717, 1.165) is 17.8 Å². The number of amides is 3. The molecular formula is C24H32Cl2N4O2. The Hall–Kier alpha value is -2.44. The number of nitrogens with one attached hydrogen (secondary N) is 3. The smallest absolute Gasteiger partial charge is 0.319 e. The van der Waals surface area contributed by atoms with Gasteiger partial charge in [0.15, 0.2) is 0 Å². The number of rotatable bonds is 12. The van der Waals surface area contributed by atoms with Crippen molar-refractivity contribution >= 4 is 52.2 Å². The number of carbonyl (C=O) groups excluding carboxylic acids is 2. The number of halogens is 2. The van der Waals surface area contributed by atoms with E-state index in [4.69, 9.17) is 23.2 Å². The molecule has 0 spiro atoms. The van der Waals surface area contributed by atoms with Crippen molar-refractivity contribution in [2.24, 2.45) is 0 Å². The molecule has 1 atom stereocenters. The topological polar surface area (TPSA) is 73.5 Å². The van der Waals surface area contributed by atoms with Crippen molar-refractivity contribution in [2.75, 3.05) is 40.4 Å². The number of nitrogens with zero attached hydrogens (tertiary/aromatic N) is 1. The Morgan fingerprint density at radius 1 is 0.969 bits per heavy atom. The van der Waals surface area contributed by atoms with Gasteiger partial charge in [0.1, 0.15) is 0 Å². The standard InChI is InChI=1S/C24H32Cl2N4O2/c1-3-19-5-4-6-21(17-19)28-23(31)12-7-18(2)27-24(32)29-20-8-10-22(11-9-20)30(15-13-25)16-14-26/h4-6,8-11,17-18H,3,7,12-16H2,1-2H3,(H,28,31)(H2,27,29,32). The van der Waals surface area contributed by atoms with Gasteiger partial charge in [-0.2, -0.15) is 0 Å². The van der Waals surface area contributed by atoms with Crippen molar-refractivity contribution in [1.82, 2.24) is 5.32 Å². The molecular weight excluding hydrogens is 447 g/mol. The normalized spacial score (nSPS) is 11.5. The van der Waals surface area contributed by atoms with Crippen LogP contribution in [0.4, 0.5) is 21.9 Å². The number of hydrogen-bond donors (Lipinski definition) is 3. The fourth-order valence-corrected chi connectivity index (χ4v) is 3.64. The number of anilines is 3. The summed E-state index contributed by atoms with van der Waals surface area (Å²) >= 11 is 11.7. The van der Waals surface area contributed by atoms with Crippen molar-refractivity contribution in [3.05, 3.63) is 54.1 Å². The van der Waals surface area contributed by atoms with Crippen LogP contribution >= 0.6 is 23.2 Å². The van der Waals surface area contributed by atoms with Gasteiger partial charge in [-0.3, -0.25) is 4.79 Å². The molecule has 2 rings (SSSR count). The highest BCUT2D eigenvalue weighted by molar-refractivity contribution is 6.18. The van der Waals surface area contributed by atoms with E-state index in [2.05, 4.69) is 27.8 Å². The van der Waals surface area contributed by atoms with E-state index in [1.165, 1.54) is 5.56 Å². The van der Waals surface area contributed by atoms with E-state index in [-0.39, 0.29) is 18.0 Å². The van der Waals surface area contributed by atoms with Crippen LogP contribution in [0.2, 0.25) is 0 Å². The van der Waals surface area contributed by atoms with E-state index >= 15 is 0 Å². The summed E-state index contributed by atoms with van der Waals surface area (Å²) in [6, 6.07) is 14.9. The molecule has 0 fully saturated rings. The van der Waals surface area contributed by atoms with Crippen LogP contribution in [0.25, 0.3) is 0 Å². The molecule has 3 N–H and O–H groups in total. The number of hydrogen-bond acceptors (Lipinski definition) is 3. The van der Waals surface area contributed by atoms with Gasteiger partial charge >= 0.3 is 6.03 Å². The quantitative estimate of drug-likeness (QED) is 0.354. The predicted octanol–water partition coefficient (Wildman–Crippen LogP) is 5.46. The van der Waals surface area contributed by atoms with Gasteiger partial charge in [-0.15, -0.1) is 23.2 Å². The molecule has 174 valence electrons. The average molecular weight is 479 g/mol. The molecule has 0 aliphatic rings. The molecule has 8 heteroatoms. The third kappa shape index (κ3) is 8.97. The van der Waals surface area contributed by atoms with Crippen LogP contribution in [0.5, 0.6) is 0 Å². The molecule has 0 saturated carbocycles. The van der Waals surface area contributed by atoms with Gasteiger partial charge in [0.25, 0.3) is 0 Å². The summed E-state index contributed by atoms with van der Waals surface area (Å²) in [5, 5.41) is 8.60. The van der Waals surface area contributed by atoms with Gasteiger partial charge in [-0.1, -0.05) is 19.1 Å². The first kappa shape index (κ1) is 25.8. The van der Waals surface area contributed by atoms with E-state index < -0.39 is 0 Å². The molecule has 3 amide bonds. The maximum atomic E-state index is 12.3. The Kier molecular flexibility index (Phi) is 11.2. The minimum absolute atomic E-state index is 0.0682. The zero-order valence-electron chi connectivity index (χ0n) is 18.7. The van der Waals surface area contributed by atoms with E-state index in [0.29, 0.717) is 43.4 Å². The fourth-order valence-electron chi connectivity index (χ4n) is 3.23. The lowest BCUT2D eigenvalue weighted by Gasteiger charge is -2.23. The Morgan fingerprint density at radius 2 is 1.66 bits per heavy atom. The van der Waals surface area contributed by atoms with Crippen LogP contribution in [0.3, 0.4) is 0 Å². The Morgan fingerprint density at radius 3 is 2.28 bits per heavy atom. The summed E-state index contributed by atoms with van der Waals surface area (Å²) in [6.45, 7) is 5.36. The molecule has 0 bridgehead atoms. The van der Waals surface area contributed by atoms with Gasteiger partial charge in [-0.25, -0.2) is 4.79 Å². The van der Waals surface area contributed by atoms with Gasteiger partial charge in [0.05, 0.1) is 0 Å². The Balaban J connectivity index is 1.76. The lowest BCUT2D eigenvalue weighted by Crippen LogP contribution is -2.36. The Labute approximate surface area is 200 Å². The molecule has 1 unspecified atom stereocenters. The van der Waals surface area contributed by atoms with Crippen LogP contribution in [0.1, 0.15) is 32.3 Å². The van der Waals surface area contributed by atoms with Gasteiger partial charge in [0, 0.05) is 54.4 Å². The van der Waals surface area contributed by atoms with Crippen molar-refractivity contribution in [1.29, 1.82) is 0 Å². The first-order chi connectivity index (χ1) is 15.4. The third-order valence-corrected chi connectivity index (χ3v) is 5.34. The highest BCUT2D eigenvalue weighted by Gasteiger charge is 2.11. The summed E-state index contributed by atoms with van der Waals surface area (Å²) in [5.41, 5.74) is 3.66. The molecule has 32 heavy (non-hydrogen) atoms. The zero-order valence-corrected chi connectivity index (χ0v) is 20.2. The fraction of sp³-hybridized carbons (Fsp3) is 0.417. The third-order valence-electron chi connectivity index (χ3n) is 5.00. The number of aryl methyl sites for hydroxylation is 1. The molecule has 2 aromatic carbocycles. The Bertz CT molecular complexity index is 855. The van der Waals surface area contributed by atoms with Gasteiger partial charge in [0.2, 0.25) is 5.91 Å². The molecule has 0 aromatic heterocycles. The summed E-state index contributed by atoms with van der Waals surface area (Å²) in [4.78, 5) is 26.6. The van der Waals surface area contributed by atoms with Crippen molar-refractivity contribution in [2.45, 2.75) is 39.2 Å². The lowest BCUT2D eigenvalue weighted by molar-refractivity contribution is -0.116. The van der Waals surface area contributed by atoms with Crippen molar-refractivity contribution < 1.29 is 9.59 Å². The monoisotopic (exact) mass is 478 g/mol. The molecule has 2 aromatic rings. The van der Waals surface area contributed by atoms with Crippen LogP contribution in [-0.4, -0.2) is 42.8 Å². The SMILES string of the molecule is CCc1cccc(NC(=O)CCC(C)NC(=O)Nc2ccc(N(CCCl)CCCl)cc2)c1. The van der Waals surface area contributed by atoms with Crippen LogP contribution in [-0.2, 0) is 11.2 Å². The molecule has 0 aliphatic carbocycles. The van der Waals surface area contributed by atoms with Gasteiger partial charge < -0.3 is 20.9 Å². The summed E-state index contributed by atoms with van der Waals surface area (Å²) in [5.74, 6) is 0.960. The number of carbonyl (C=O) groups is 2. The second-order valence-electron chi connectivity index (χ2n) is 7.55. The van der Waals surface area contributed by atoms with E-state index in [1.807, 2.05) is 55.5 Å². The average Bonchev–Trinajstić information content (AvgIpc) is 2.78. The molecule has 6 nitrogen and oxygen atoms in total. The minimum atomic E-state index is -0.306. The van der Waals surface area contributed by atoms with E-state index in [9.17, 15) is 9.59 Å². The zero-order chi connectivity index (χ0) is 23.3. The van der Waals surface area contributed by atoms with Crippen LogP contribution in [0.15, 0.2) is 48.5 Å². The van der Waals surface area contributed by atoms with Gasteiger partial charge in [-0.05, 0) is 61.7 Å². The maximum Gasteiger partial charge on any atom is 0.319 e. The predicted molar refractivity (Wildman–Crippen MR) is 135 cm³/mol. The molecule has 0 heterocycles. The first-order valence-electron chi connectivity index (χ1n) is 10.9. The highest BCUT2D eigenvalue weighted by Crippen LogP contribution is 2.18. The second kappa shape index (κ2) is 13.9. The highest BCUT2D eigenvalue weighted by atomic mass is 35.5. The largest absolute Gasteiger partial charge is 0.369 e. The maximum absolute atomic E-state index is 12.3. The number of urea groups is 1. The van der Waals surface area contributed by atoms with Crippen LogP contribution < -0.4 is 20.9 Å². The van der Waals surface area contributed by atoms with Crippen molar-refractivity contribution in [3.63, 3.8) is 0 Å². The molecule has 0 aliphatic heterocycles. The van der Waals surface area contributed by atoms with Crippen molar-refractivity contribution in [3.8, 4) is 0 Å². The lowest BCUT2D eigenvalue weighted by atomic mass is 10.1. The first-order valence-corrected chi connectivity index (χ1v) is 11.9. The van der Waals surface area contributed by atoms with E-state index in [1.54, 1.807) is 0 Å². The number of alkyl halides is 2. The minimum Gasteiger partial charge on any atom is -0.369 e. The summed E-state index contributed by atoms with van der Waals surface area (Å²) in [7, 11) is 0. The second-order valence-corrected chi connectivity index (χ2v) is 8.31. The number of benzene rings is 2.